The topological polar surface area (TPSA) is 21.6 Å². The van der Waals surface area contributed by atoms with Gasteiger partial charge in [-0.2, -0.15) is 0 Å². The van der Waals surface area contributed by atoms with Gasteiger partial charge in [0, 0.05) is 16.3 Å². The lowest BCUT2D eigenvalue weighted by molar-refractivity contribution is 0.326. The number of ether oxygens (including phenoxy) is 1. The van der Waals surface area contributed by atoms with Gasteiger partial charge in [-0.1, -0.05) is 6.07 Å². The molecule has 1 heterocycles. The van der Waals surface area contributed by atoms with E-state index in [1.807, 2.05) is 24.4 Å². The molecule has 1 aliphatic rings. The molecule has 0 atom stereocenters. The van der Waals surface area contributed by atoms with Crippen LogP contribution in [0.2, 0.25) is 0 Å². The maximum absolute atomic E-state index is 5.28. The standard InChI is InChI=1S/C8H6BrNO/c9-7-2-1-3-8-6(7)4-10-5-11-8/h1-4H,5H2. The fourth-order valence-electron chi connectivity index (χ4n) is 1.00. The number of aliphatic imine (C=N–C) groups is 1. The number of halogens is 1. The Balaban J connectivity index is 2.60. The molecule has 1 aromatic carbocycles. The molecule has 0 spiro atoms. The monoisotopic (exact) mass is 211 g/mol. The molecule has 0 saturated heterocycles. The molecule has 0 bridgehead atoms. The first-order valence-electron chi connectivity index (χ1n) is 3.29. The first kappa shape index (κ1) is 6.85. The first-order valence-corrected chi connectivity index (χ1v) is 4.08. The summed E-state index contributed by atoms with van der Waals surface area (Å²) in [5.41, 5.74) is 1.03. The Bertz CT molecular complexity index is 309. The van der Waals surface area contributed by atoms with Crippen LogP contribution in [0, 0.1) is 0 Å². The van der Waals surface area contributed by atoms with Crippen LogP contribution in [0.15, 0.2) is 27.7 Å². The summed E-state index contributed by atoms with van der Waals surface area (Å²) >= 11 is 3.41. The molecule has 2 rings (SSSR count). The summed E-state index contributed by atoms with van der Waals surface area (Å²) in [6.07, 6.45) is 1.82. The van der Waals surface area contributed by atoms with Crippen molar-refractivity contribution in [1.82, 2.24) is 0 Å². The molecule has 0 N–H and O–H groups in total. The van der Waals surface area contributed by atoms with Crippen molar-refractivity contribution < 1.29 is 4.74 Å². The van der Waals surface area contributed by atoms with Gasteiger partial charge in [0.05, 0.1) is 0 Å². The molecule has 0 saturated carbocycles. The van der Waals surface area contributed by atoms with Crippen molar-refractivity contribution in [1.29, 1.82) is 0 Å². The second kappa shape index (κ2) is 2.66. The summed E-state index contributed by atoms with van der Waals surface area (Å²) < 4.78 is 6.30. The van der Waals surface area contributed by atoms with E-state index in [1.54, 1.807) is 0 Å². The molecule has 0 radical (unpaired) electrons. The highest BCUT2D eigenvalue weighted by molar-refractivity contribution is 9.10. The van der Waals surface area contributed by atoms with Gasteiger partial charge in [0.1, 0.15) is 5.75 Å². The van der Waals surface area contributed by atoms with Gasteiger partial charge in [0.25, 0.3) is 0 Å². The predicted molar refractivity (Wildman–Crippen MR) is 47.2 cm³/mol. The van der Waals surface area contributed by atoms with E-state index in [4.69, 9.17) is 4.74 Å². The van der Waals surface area contributed by atoms with Crippen LogP contribution in [-0.4, -0.2) is 12.9 Å². The van der Waals surface area contributed by atoms with Crippen LogP contribution in [0.3, 0.4) is 0 Å². The zero-order valence-corrected chi connectivity index (χ0v) is 7.34. The van der Waals surface area contributed by atoms with Crippen LogP contribution in [0.4, 0.5) is 0 Å². The first-order chi connectivity index (χ1) is 5.38. The normalized spacial score (nSPS) is 13.9. The van der Waals surface area contributed by atoms with E-state index >= 15 is 0 Å². The Morgan fingerprint density at radius 1 is 1.45 bits per heavy atom. The molecule has 2 nitrogen and oxygen atoms in total. The fraction of sp³-hybridized carbons (Fsp3) is 0.125. The molecule has 3 heteroatoms. The van der Waals surface area contributed by atoms with E-state index in [0.717, 1.165) is 15.8 Å². The third-order valence-corrected chi connectivity index (χ3v) is 2.22. The minimum absolute atomic E-state index is 0.434. The highest BCUT2D eigenvalue weighted by atomic mass is 79.9. The smallest absolute Gasteiger partial charge is 0.179 e. The summed E-state index contributed by atoms with van der Waals surface area (Å²) in [4.78, 5) is 4.00. The van der Waals surface area contributed by atoms with E-state index in [9.17, 15) is 0 Å². The number of benzene rings is 1. The van der Waals surface area contributed by atoms with Crippen LogP contribution in [0.1, 0.15) is 5.56 Å². The van der Waals surface area contributed by atoms with Crippen LogP contribution in [0.25, 0.3) is 0 Å². The number of fused-ring (bicyclic) bond motifs is 1. The van der Waals surface area contributed by atoms with Gasteiger partial charge in [0.2, 0.25) is 0 Å². The quantitative estimate of drug-likeness (QED) is 0.646. The highest BCUT2D eigenvalue weighted by Gasteiger charge is 2.07. The molecule has 0 aromatic heterocycles. The van der Waals surface area contributed by atoms with Gasteiger partial charge in [-0.05, 0) is 28.1 Å². The Morgan fingerprint density at radius 2 is 2.36 bits per heavy atom. The molecule has 56 valence electrons. The Labute approximate surface area is 73.0 Å². The molecule has 1 aromatic rings. The van der Waals surface area contributed by atoms with Crippen LogP contribution in [0.5, 0.6) is 5.75 Å². The van der Waals surface area contributed by atoms with E-state index in [2.05, 4.69) is 20.9 Å². The van der Waals surface area contributed by atoms with Crippen LogP contribution in [-0.2, 0) is 0 Å². The van der Waals surface area contributed by atoms with Crippen molar-refractivity contribution in [2.24, 2.45) is 4.99 Å². The summed E-state index contributed by atoms with van der Waals surface area (Å²) in [5, 5.41) is 0. The Kier molecular flexibility index (Phi) is 1.66. The van der Waals surface area contributed by atoms with Gasteiger partial charge >= 0.3 is 0 Å². The summed E-state index contributed by atoms with van der Waals surface area (Å²) in [5.74, 6) is 0.898. The molecule has 0 fully saturated rings. The maximum Gasteiger partial charge on any atom is 0.179 e. The molecular weight excluding hydrogens is 206 g/mol. The largest absolute Gasteiger partial charge is 0.471 e. The van der Waals surface area contributed by atoms with E-state index in [1.165, 1.54) is 0 Å². The van der Waals surface area contributed by atoms with Gasteiger partial charge < -0.3 is 4.74 Å². The second-order valence-corrected chi connectivity index (χ2v) is 3.09. The number of nitrogens with zero attached hydrogens (tertiary/aromatic N) is 1. The van der Waals surface area contributed by atoms with Crippen LogP contribution < -0.4 is 4.74 Å². The van der Waals surface area contributed by atoms with Gasteiger partial charge in [0.15, 0.2) is 6.73 Å². The third-order valence-electron chi connectivity index (χ3n) is 1.53. The predicted octanol–water partition coefficient (Wildman–Crippen LogP) is 2.22. The highest BCUT2D eigenvalue weighted by Crippen LogP contribution is 2.26. The number of hydrogen-bond acceptors (Lipinski definition) is 2. The third kappa shape index (κ3) is 1.16. The lowest BCUT2D eigenvalue weighted by Gasteiger charge is -2.11. The van der Waals surface area contributed by atoms with Gasteiger partial charge in [-0.25, -0.2) is 0 Å². The Hall–Kier alpha value is -0.830. The fourth-order valence-corrected chi connectivity index (χ4v) is 1.45. The molecule has 1 aliphatic heterocycles. The molecular formula is C8H6BrNO. The average Bonchev–Trinajstić information content (AvgIpc) is 2.06. The van der Waals surface area contributed by atoms with Gasteiger partial charge in [-0.3, -0.25) is 4.99 Å². The van der Waals surface area contributed by atoms with Crippen molar-refractivity contribution in [2.45, 2.75) is 0 Å². The molecule has 11 heavy (non-hydrogen) atoms. The summed E-state index contributed by atoms with van der Waals surface area (Å²) in [6.45, 7) is 0.434. The zero-order valence-electron chi connectivity index (χ0n) is 5.75. The van der Waals surface area contributed by atoms with Gasteiger partial charge in [-0.15, -0.1) is 0 Å². The second-order valence-electron chi connectivity index (χ2n) is 2.24. The minimum atomic E-state index is 0.434. The van der Waals surface area contributed by atoms with E-state index in [-0.39, 0.29) is 0 Å². The number of rotatable bonds is 0. The minimum Gasteiger partial charge on any atom is -0.471 e. The van der Waals surface area contributed by atoms with Crippen molar-refractivity contribution in [2.75, 3.05) is 6.73 Å². The summed E-state index contributed by atoms with van der Waals surface area (Å²) in [7, 11) is 0. The van der Waals surface area contributed by atoms with Crippen molar-refractivity contribution in [3.63, 3.8) is 0 Å². The van der Waals surface area contributed by atoms with E-state index in [0.29, 0.717) is 6.73 Å². The lowest BCUT2D eigenvalue weighted by Crippen LogP contribution is -2.03. The summed E-state index contributed by atoms with van der Waals surface area (Å²) in [6, 6.07) is 5.85. The van der Waals surface area contributed by atoms with E-state index < -0.39 is 0 Å². The maximum atomic E-state index is 5.28. The SMILES string of the molecule is Brc1cccc2c1C=NCO2. The zero-order chi connectivity index (χ0) is 7.68. The molecule has 0 unspecified atom stereocenters. The van der Waals surface area contributed by atoms with Crippen molar-refractivity contribution in [3.8, 4) is 5.75 Å². The van der Waals surface area contributed by atoms with Crippen LogP contribution >= 0.6 is 15.9 Å². The molecule has 0 amide bonds. The van der Waals surface area contributed by atoms with Crippen molar-refractivity contribution in [3.05, 3.63) is 28.2 Å². The van der Waals surface area contributed by atoms with Crippen molar-refractivity contribution >= 4 is 22.1 Å². The number of hydrogen-bond donors (Lipinski definition) is 0. The Morgan fingerprint density at radius 3 is 3.18 bits per heavy atom. The lowest BCUT2D eigenvalue weighted by atomic mass is 10.2. The molecule has 0 aliphatic carbocycles. The average molecular weight is 212 g/mol.